The Kier molecular flexibility index (Phi) is 6.35. The molecule has 0 spiro atoms. The average Bonchev–Trinajstić information content (AvgIpc) is 2.93. The van der Waals surface area contributed by atoms with Crippen LogP contribution in [0.4, 0.5) is 4.79 Å². The van der Waals surface area contributed by atoms with Crippen LogP contribution < -0.4 is 5.32 Å². The van der Waals surface area contributed by atoms with Gasteiger partial charge in [0.25, 0.3) is 0 Å². The van der Waals surface area contributed by atoms with E-state index in [0.29, 0.717) is 12.0 Å². The van der Waals surface area contributed by atoms with Crippen molar-refractivity contribution in [2.45, 2.75) is 78.4 Å². The van der Waals surface area contributed by atoms with Crippen molar-refractivity contribution in [2.75, 3.05) is 19.6 Å². The maximum absolute atomic E-state index is 12.1. The topological polar surface area (TPSA) is 41.6 Å². The number of nitrogens with one attached hydrogen (secondary N) is 1. The number of hydrogen-bond donors (Lipinski definition) is 1. The van der Waals surface area contributed by atoms with Crippen LogP contribution in [-0.4, -0.2) is 42.3 Å². The number of carbonyl (C=O) groups excluding carboxylic acids is 1. The summed E-state index contributed by atoms with van der Waals surface area (Å²) in [6, 6.07) is 0.681. The van der Waals surface area contributed by atoms with Gasteiger partial charge in [0.1, 0.15) is 5.60 Å². The number of ether oxygens (including phenoxy) is 1. The number of likely N-dealkylation sites (tertiary alicyclic amines) is 1. The maximum atomic E-state index is 12.1. The van der Waals surface area contributed by atoms with Gasteiger partial charge in [0, 0.05) is 19.1 Å². The van der Waals surface area contributed by atoms with Crippen LogP contribution in [0.5, 0.6) is 0 Å². The Morgan fingerprint density at radius 1 is 1.17 bits per heavy atom. The summed E-state index contributed by atoms with van der Waals surface area (Å²) in [6.45, 7) is 13.2. The summed E-state index contributed by atoms with van der Waals surface area (Å²) in [5.41, 5.74) is -0.400. The highest BCUT2D eigenvalue weighted by molar-refractivity contribution is 5.68. The fourth-order valence-electron chi connectivity index (χ4n) is 3.81. The molecule has 1 saturated heterocycles. The predicted molar refractivity (Wildman–Crippen MR) is 94.5 cm³/mol. The van der Waals surface area contributed by atoms with E-state index in [0.717, 1.165) is 37.9 Å². The molecular weight excluding hydrogens is 288 g/mol. The summed E-state index contributed by atoms with van der Waals surface area (Å²) < 4.78 is 5.47. The first-order chi connectivity index (χ1) is 10.7. The third-order valence-electron chi connectivity index (χ3n) is 5.35. The quantitative estimate of drug-likeness (QED) is 0.848. The summed E-state index contributed by atoms with van der Waals surface area (Å²) in [4.78, 5) is 14.0. The van der Waals surface area contributed by atoms with Gasteiger partial charge in [-0.3, -0.25) is 0 Å². The lowest BCUT2D eigenvalue weighted by Crippen LogP contribution is -2.39. The Hall–Kier alpha value is -0.770. The van der Waals surface area contributed by atoms with Crippen LogP contribution in [0.1, 0.15) is 66.7 Å². The van der Waals surface area contributed by atoms with Gasteiger partial charge in [-0.15, -0.1) is 0 Å². The predicted octanol–water partition coefficient (Wildman–Crippen LogP) is 4.05. The number of hydrogen-bond acceptors (Lipinski definition) is 3. The van der Waals surface area contributed by atoms with Gasteiger partial charge < -0.3 is 15.0 Å². The highest BCUT2D eigenvalue weighted by atomic mass is 16.6. The number of nitrogens with zero attached hydrogens (tertiary/aromatic N) is 1. The van der Waals surface area contributed by atoms with Gasteiger partial charge in [0.15, 0.2) is 0 Å². The van der Waals surface area contributed by atoms with Gasteiger partial charge in [-0.2, -0.15) is 0 Å². The van der Waals surface area contributed by atoms with Gasteiger partial charge in [0.2, 0.25) is 0 Å². The first kappa shape index (κ1) is 18.6. The molecule has 1 heterocycles. The third kappa shape index (κ3) is 5.98. The second kappa shape index (κ2) is 7.87. The second-order valence-electron chi connectivity index (χ2n) is 8.85. The van der Waals surface area contributed by atoms with Crippen LogP contribution in [-0.2, 0) is 4.74 Å². The van der Waals surface area contributed by atoms with Gasteiger partial charge in [-0.25, -0.2) is 4.79 Å². The number of rotatable bonds is 4. The lowest BCUT2D eigenvalue weighted by molar-refractivity contribution is 0.0288. The van der Waals surface area contributed by atoms with Crippen molar-refractivity contribution in [1.29, 1.82) is 0 Å². The monoisotopic (exact) mass is 324 g/mol. The smallest absolute Gasteiger partial charge is 0.410 e. The first-order valence-corrected chi connectivity index (χ1v) is 9.46. The zero-order valence-corrected chi connectivity index (χ0v) is 15.7. The van der Waals surface area contributed by atoms with E-state index in [4.69, 9.17) is 4.74 Å². The highest BCUT2D eigenvalue weighted by Gasteiger charge is 2.30. The molecule has 4 heteroatoms. The van der Waals surface area contributed by atoms with Crippen molar-refractivity contribution in [3.8, 4) is 0 Å². The molecule has 2 aliphatic rings. The van der Waals surface area contributed by atoms with E-state index >= 15 is 0 Å². The van der Waals surface area contributed by atoms with E-state index in [2.05, 4.69) is 19.2 Å². The summed E-state index contributed by atoms with van der Waals surface area (Å²) in [7, 11) is 0. The minimum atomic E-state index is -0.400. The van der Waals surface area contributed by atoms with Gasteiger partial charge in [-0.05, 0) is 77.2 Å². The molecule has 1 aliphatic heterocycles. The van der Waals surface area contributed by atoms with E-state index in [1.165, 1.54) is 25.7 Å². The molecule has 1 aliphatic carbocycles. The van der Waals surface area contributed by atoms with Crippen molar-refractivity contribution >= 4 is 6.09 Å². The Morgan fingerprint density at radius 2 is 1.83 bits per heavy atom. The van der Waals surface area contributed by atoms with Gasteiger partial charge >= 0.3 is 6.09 Å². The Bertz CT molecular complexity index is 381. The first-order valence-electron chi connectivity index (χ1n) is 9.46. The van der Waals surface area contributed by atoms with Crippen LogP contribution >= 0.6 is 0 Å². The van der Waals surface area contributed by atoms with E-state index in [1.54, 1.807) is 0 Å². The molecule has 1 unspecified atom stereocenters. The molecule has 0 radical (unpaired) electrons. The summed E-state index contributed by atoms with van der Waals surface area (Å²) in [6.07, 6.45) is 6.29. The van der Waals surface area contributed by atoms with Crippen molar-refractivity contribution in [3.05, 3.63) is 0 Å². The third-order valence-corrected chi connectivity index (χ3v) is 5.35. The standard InChI is InChI=1S/C19H36N2O2/c1-14(2)16-6-8-17(9-7-16)20-12-15-10-11-21(13-15)18(22)23-19(3,4)5/h14-17,20H,6-13H2,1-5H3. The van der Waals surface area contributed by atoms with Crippen molar-refractivity contribution < 1.29 is 9.53 Å². The molecule has 23 heavy (non-hydrogen) atoms. The average molecular weight is 325 g/mol. The van der Waals surface area contributed by atoms with Crippen LogP contribution in [0.2, 0.25) is 0 Å². The maximum Gasteiger partial charge on any atom is 0.410 e. The second-order valence-corrected chi connectivity index (χ2v) is 8.85. The molecule has 1 amide bonds. The molecule has 0 aromatic heterocycles. The van der Waals surface area contributed by atoms with Crippen LogP contribution in [0.3, 0.4) is 0 Å². The molecular formula is C19H36N2O2. The van der Waals surface area contributed by atoms with Gasteiger partial charge in [0.05, 0.1) is 0 Å². The van der Waals surface area contributed by atoms with Crippen molar-refractivity contribution in [2.24, 2.45) is 17.8 Å². The normalized spacial score (nSPS) is 29.1. The molecule has 1 N–H and O–H groups in total. The molecule has 1 atom stereocenters. The molecule has 2 fully saturated rings. The van der Waals surface area contributed by atoms with E-state index < -0.39 is 5.60 Å². The minimum Gasteiger partial charge on any atom is -0.444 e. The molecule has 1 saturated carbocycles. The van der Waals surface area contributed by atoms with Crippen molar-refractivity contribution in [1.82, 2.24) is 10.2 Å². The van der Waals surface area contributed by atoms with Crippen LogP contribution in [0.25, 0.3) is 0 Å². The number of amides is 1. The summed E-state index contributed by atoms with van der Waals surface area (Å²) in [5.74, 6) is 2.32. The fourth-order valence-corrected chi connectivity index (χ4v) is 3.81. The SMILES string of the molecule is CC(C)C1CCC(NCC2CCN(C(=O)OC(C)(C)C)C2)CC1. The Morgan fingerprint density at radius 3 is 2.39 bits per heavy atom. The number of carbonyl (C=O) groups is 1. The lowest BCUT2D eigenvalue weighted by atomic mass is 9.79. The van der Waals surface area contributed by atoms with Crippen LogP contribution in [0.15, 0.2) is 0 Å². The zero-order valence-electron chi connectivity index (χ0n) is 15.7. The Balaban J connectivity index is 1.66. The molecule has 0 bridgehead atoms. The van der Waals surface area contributed by atoms with E-state index in [9.17, 15) is 4.79 Å². The fraction of sp³-hybridized carbons (Fsp3) is 0.947. The minimum absolute atomic E-state index is 0.155. The van der Waals surface area contributed by atoms with Crippen LogP contribution in [0, 0.1) is 17.8 Å². The lowest BCUT2D eigenvalue weighted by Gasteiger charge is -2.32. The molecule has 4 nitrogen and oxygen atoms in total. The van der Waals surface area contributed by atoms with E-state index in [1.807, 2.05) is 25.7 Å². The molecule has 0 aromatic carbocycles. The largest absolute Gasteiger partial charge is 0.444 e. The molecule has 2 rings (SSSR count). The van der Waals surface area contributed by atoms with E-state index in [-0.39, 0.29) is 6.09 Å². The van der Waals surface area contributed by atoms with Crippen molar-refractivity contribution in [3.63, 3.8) is 0 Å². The summed E-state index contributed by atoms with van der Waals surface area (Å²) >= 11 is 0. The highest BCUT2D eigenvalue weighted by Crippen LogP contribution is 2.30. The zero-order chi connectivity index (χ0) is 17.0. The van der Waals surface area contributed by atoms with Gasteiger partial charge in [-0.1, -0.05) is 13.8 Å². The summed E-state index contributed by atoms with van der Waals surface area (Å²) in [5, 5.41) is 3.75. The molecule has 0 aromatic rings. The molecule has 134 valence electrons. The Labute approximate surface area is 142 Å².